The van der Waals surface area contributed by atoms with Gasteiger partial charge < -0.3 is 15.2 Å². The molecule has 0 radical (unpaired) electrons. The molecule has 0 saturated carbocycles. The fourth-order valence-electron chi connectivity index (χ4n) is 6.49. The SMILES string of the molecule is CCCCCCC/C=C\C/C=C\CCCC(CCCCCCCC(=O)NCC(=O)O)OC(=O)CCCCCCCCC/C=C\CCCCCCCC. The number of carboxylic acids is 1. The fraction of sp³-hybridized carbons (Fsp3) is 0.804. The molecule has 0 aliphatic rings. The molecule has 0 fully saturated rings. The third-order valence-corrected chi connectivity index (χ3v) is 9.78. The highest BCUT2D eigenvalue weighted by Gasteiger charge is 2.14. The van der Waals surface area contributed by atoms with E-state index in [1.165, 1.54) is 122 Å². The van der Waals surface area contributed by atoms with Crippen LogP contribution in [0.15, 0.2) is 36.5 Å². The molecule has 0 spiro atoms. The number of carbonyl (C=O) groups excluding carboxylic acids is 2. The van der Waals surface area contributed by atoms with E-state index >= 15 is 0 Å². The molecular weight excluding hydrogens is 647 g/mol. The third kappa shape index (κ3) is 40.4. The highest BCUT2D eigenvalue weighted by molar-refractivity contribution is 5.80. The van der Waals surface area contributed by atoms with Gasteiger partial charge in [0.2, 0.25) is 5.91 Å². The van der Waals surface area contributed by atoms with Crippen LogP contribution in [0.4, 0.5) is 0 Å². The van der Waals surface area contributed by atoms with Gasteiger partial charge in [-0.3, -0.25) is 14.4 Å². The van der Waals surface area contributed by atoms with Crippen molar-refractivity contribution in [1.82, 2.24) is 5.32 Å². The Morgan fingerprint density at radius 3 is 1.42 bits per heavy atom. The Kier molecular flexibility index (Phi) is 39.5. The summed E-state index contributed by atoms with van der Waals surface area (Å²) in [7, 11) is 0. The number of unbranched alkanes of at least 4 members (excludes halogenated alkanes) is 23. The number of hydrogen-bond acceptors (Lipinski definition) is 4. The minimum atomic E-state index is -1.02. The van der Waals surface area contributed by atoms with Crippen LogP contribution in [0, 0.1) is 0 Å². The van der Waals surface area contributed by atoms with E-state index in [0.29, 0.717) is 12.8 Å². The maximum atomic E-state index is 12.8. The average Bonchev–Trinajstić information content (AvgIpc) is 3.13. The average molecular weight is 730 g/mol. The molecule has 6 heteroatoms. The lowest BCUT2D eigenvalue weighted by atomic mass is 10.0. The van der Waals surface area contributed by atoms with Crippen molar-refractivity contribution in [2.24, 2.45) is 0 Å². The molecule has 0 bridgehead atoms. The second-order valence-corrected chi connectivity index (χ2v) is 14.9. The van der Waals surface area contributed by atoms with Crippen molar-refractivity contribution in [3.05, 3.63) is 36.5 Å². The number of rotatable bonds is 40. The quantitative estimate of drug-likeness (QED) is 0.0372. The van der Waals surface area contributed by atoms with Crippen molar-refractivity contribution in [2.75, 3.05) is 6.54 Å². The lowest BCUT2D eigenvalue weighted by Crippen LogP contribution is -2.28. The van der Waals surface area contributed by atoms with Crippen LogP contribution < -0.4 is 5.32 Å². The molecule has 1 unspecified atom stereocenters. The minimum Gasteiger partial charge on any atom is -0.480 e. The summed E-state index contributed by atoms with van der Waals surface area (Å²) in [6.45, 7) is 4.21. The maximum Gasteiger partial charge on any atom is 0.322 e. The second-order valence-electron chi connectivity index (χ2n) is 14.9. The third-order valence-electron chi connectivity index (χ3n) is 9.78. The minimum absolute atomic E-state index is 0.0184. The first-order chi connectivity index (χ1) is 25.5. The first-order valence-corrected chi connectivity index (χ1v) is 22.1. The molecule has 0 aromatic heterocycles. The Bertz CT molecular complexity index is 895. The molecule has 0 rings (SSSR count). The summed E-state index contributed by atoms with van der Waals surface area (Å²) in [4.78, 5) is 35.0. The van der Waals surface area contributed by atoms with Gasteiger partial charge in [0, 0.05) is 12.8 Å². The number of nitrogens with one attached hydrogen (secondary N) is 1. The standard InChI is InChI=1S/C46H83NO5/c1-3-5-7-9-11-13-15-17-18-19-20-22-24-26-28-33-37-41-46(51)52-43(39-35-31-29-32-36-40-44(48)47-42-45(49)50)38-34-30-27-25-23-21-16-14-12-10-8-6-4-2/h16-18,21,25,27,43H,3-15,19-20,22-24,26,28-42H2,1-2H3,(H,47,48)(H,49,50)/b18-17-,21-16-,27-25-. The molecule has 302 valence electrons. The van der Waals surface area contributed by atoms with Crippen molar-refractivity contribution in [3.8, 4) is 0 Å². The van der Waals surface area contributed by atoms with Crippen molar-refractivity contribution < 1.29 is 24.2 Å². The summed E-state index contributed by atoms with van der Waals surface area (Å²) in [5.41, 5.74) is 0. The van der Waals surface area contributed by atoms with Crippen molar-refractivity contribution in [1.29, 1.82) is 0 Å². The number of carbonyl (C=O) groups is 3. The molecule has 2 N–H and O–H groups in total. The van der Waals surface area contributed by atoms with E-state index in [1.807, 2.05) is 0 Å². The number of esters is 1. The molecule has 0 heterocycles. The van der Waals surface area contributed by atoms with Gasteiger partial charge in [0.1, 0.15) is 12.6 Å². The number of allylic oxidation sites excluding steroid dienone is 6. The predicted octanol–water partition coefficient (Wildman–Crippen LogP) is 13.7. The van der Waals surface area contributed by atoms with Crippen LogP contribution in [-0.4, -0.2) is 35.6 Å². The first-order valence-electron chi connectivity index (χ1n) is 22.1. The molecule has 0 aromatic carbocycles. The van der Waals surface area contributed by atoms with Gasteiger partial charge in [0.05, 0.1) is 0 Å². The molecule has 0 saturated heterocycles. The number of hydrogen-bond donors (Lipinski definition) is 2. The zero-order valence-electron chi connectivity index (χ0n) is 34.2. The second kappa shape index (κ2) is 41.4. The predicted molar refractivity (Wildman–Crippen MR) is 222 cm³/mol. The van der Waals surface area contributed by atoms with Crippen LogP contribution >= 0.6 is 0 Å². The molecule has 1 amide bonds. The summed E-state index contributed by atoms with van der Waals surface area (Å²) in [5, 5.41) is 11.1. The normalized spacial score (nSPS) is 12.3. The molecule has 6 nitrogen and oxygen atoms in total. The van der Waals surface area contributed by atoms with Crippen LogP contribution in [-0.2, 0) is 19.1 Å². The molecule has 52 heavy (non-hydrogen) atoms. The van der Waals surface area contributed by atoms with Gasteiger partial charge >= 0.3 is 11.9 Å². The number of ether oxygens (including phenoxy) is 1. The Balaban J connectivity index is 4.21. The van der Waals surface area contributed by atoms with Crippen molar-refractivity contribution in [3.63, 3.8) is 0 Å². The number of amides is 1. The summed E-state index contributed by atoms with van der Waals surface area (Å²) < 4.78 is 6.01. The van der Waals surface area contributed by atoms with Crippen LogP contribution in [0.2, 0.25) is 0 Å². The zero-order chi connectivity index (χ0) is 38.0. The highest BCUT2D eigenvalue weighted by Crippen LogP contribution is 2.18. The van der Waals surface area contributed by atoms with Gasteiger partial charge in [0.25, 0.3) is 0 Å². The van der Waals surface area contributed by atoms with E-state index in [-0.39, 0.29) is 24.5 Å². The maximum absolute atomic E-state index is 12.8. The van der Waals surface area contributed by atoms with Gasteiger partial charge in [-0.1, -0.05) is 159 Å². The van der Waals surface area contributed by atoms with Crippen molar-refractivity contribution >= 4 is 17.8 Å². The van der Waals surface area contributed by atoms with Crippen LogP contribution in [0.5, 0.6) is 0 Å². The van der Waals surface area contributed by atoms with Gasteiger partial charge in [0.15, 0.2) is 0 Å². The van der Waals surface area contributed by atoms with E-state index in [9.17, 15) is 14.4 Å². The van der Waals surface area contributed by atoms with Crippen LogP contribution in [0.25, 0.3) is 0 Å². The van der Waals surface area contributed by atoms with Gasteiger partial charge in [-0.05, 0) is 89.9 Å². The van der Waals surface area contributed by atoms with E-state index in [1.54, 1.807) is 0 Å². The molecule has 0 aliphatic carbocycles. The smallest absolute Gasteiger partial charge is 0.322 e. The van der Waals surface area contributed by atoms with E-state index in [4.69, 9.17) is 9.84 Å². The Labute approximate surface area is 321 Å². The lowest BCUT2D eigenvalue weighted by Gasteiger charge is -2.18. The summed E-state index contributed by atoms with van der Waals surface area (Å²) in [5.74, 6) is -1.26. The lowest BCUT2D eigenvalue weighted by molar-refractivity contribution is -0.150. The largest absolute Gasteiger partial charge is 0.480 e. The van der Waals surface area contributed by atoms with E-state index in [0.717, 1.165) is 77.0 Å². The highest BCUT2D eigenvalue weighted by atomic mass is 16.5. The van der Waals surface area contributed by atoms with Gasteiger partial charge in [-0.2, -0.15) is 0 Å². The molecule has 1 atom stereocenters. The first kappa shape index (κ1) is 49.6. The Morgan fingerprint density at radius 2 is 0.904 bits per heavy atom. The summed E-state index contributed by atoms with van der Waals surface area (Å²) >= 11 is 0. The summed E-state index contributed by atoms with van der Waals surface area (Å²) in [6.07, 6.45) is 51.2. The number of aliphatic carboxylic acids is 1. The van der Waals surface area contributed by atoms with Crippen LogP contribution in [0.3, 0.4) is 0 Å². The molecule has 0 aromatic rings. The van der Waals surface area contributed by atoms with Crippen LogP contribution in [0.1, 0.15) is 226 Å². The fourth-order valence-corrected chi connectivity index (χ4v) is 6.49. The van der Waals surface area contributed by atoms with Gasteiger partial charge in [-0.15, -0.1) is 0 Å². The van der Waals surface area contributed by atoms with Crippen molar-refractivity contribution in [2.45, 2.75) is 232 Å². The molecular formula is C46H83NO5. The number of carboxylic acid groups (broad SMARTS) is 1. The van der Waals surface area contributed by atoms with E-state index < -0.39 is 5.97 Å². The Morgan fingerprint density at radius 1 is 0.500 bits per heavy atom. The molecule has 0 aliphatic heterocycles. The monoisotopic (exact) mass is 730 g/mol. The Hall–Kier alpha value is -2.37. The zero-order valence-corrected chi connectivity index (χ0v) is 34.2. The topological polar surface area (TPSA) is 92.7 Å². The summed E-state index contributed by atoms with van der Waals surface area (Å²) in [6, 6.07) is 0. The van der Waals surface area contributed by atoms with E-state index in [2.05, 4.69) is 55.6 Å². The van der Waals surface area contributed by atoms with Gasteiger partial charge in [-0.25, -0.2) is 0 Å².